The number of benzene rings is 1. The van der Waals surface area contributed by atoms with E-state index < -0.39 is 11.3 Å². The predicted molar refractivity (Wildman–Crippen MR) is 109 cm³/mol. The number of imidazole rings is 1. The molecule has 3 amide bonds. The van der Waals surface area contributed by atoms with E-state index in [0.29, 0.717) is 5.16 Å². The number of methoxy groups -OCH3 is 1. The van der Waals surface area contributed by atoms with Crippen LogP contribution < -0.4 is 15.4 Å². The maximum atomic E-state index is 12.4. The molecule has 1 aliphatic rings. The lowest BCUT2D eigenvalue weighted by molar-refractivity contribution is -0.119. The number of hydrogen-bond acceptors (Lipinski definition) is 5. The summed E-state index contributed by atoms with van der Waals surface area (Å²) in [6, 6.07) is 7.34. The van der Waals surface area contributed by atoms with Crippen molar-refractivity contribution in [3.63, 3.8) is 0 Å². The third kappa shape index (κ3) is 5.28. The van der Waals surface area contributed by atoms with Gasteiger partial charge in [0.15, 0.2) is 5.16 Å². The molecule has 0 unspecified atom stereocenters. The molecule has 1 atom stereocenters. The lowest BCUT2D eigenvalue weighted by Gasteiger charge is -2.23. The van der Waals surface area contributed by atoms with Gasteiger partial charge >= 0.3 is 6.03 Å². The molecule has 0 aliphatic heterocycles. The number of imide groups is 1. The van der Waals surface area contributed by atoms with E-state index in [1.54, 1.807) is 20.2 Å². The summed E-state index contributed by atoms with van der Waals surface area (Å²) in [5, 5.41) is 5.57. The fraction of sp³-hybridized carbons (Fsp3) is 0.450. The Balaban J connectivity index is 1.56. The molecule has 0 spiro atoms. The predicted octanol–water partition coefficient (Wildman–Crippen LogP) is 3.52. The van der Waals surface area contributed by atoms with Crippen molar-refractivity contribution in [2.75, 3.05) is 7.11 Å². The Labute approximate surface area is 169 Å². The molecule has 1 fully saturated rings. The molecule has 0 radical (unpaired) electrons. The van der Waals surface area contributed by atoms with Gasteiger partial charge in [0.2, 0.25) is 5.91 Å². The molecule has 2 aromatic rings. The maximum absolute atomic E-state index is 12.4. The number of ether oxygens (including phenoxy) is 1. The minimum Gasteiger partial charge on any atom is -0.497 e. The van der Waals surface area contributed by atoms with Gasteiger partial charge in [-0.25, -0.2) is 9.78 Å². The Morgan fingerprint density at radius 2 is 1.93 bits per heavy atom. The van der Waals surface area contributed by atoms with Gasteiger partial charge in [0.05, 0.1) is 12.4 Å². The highest BCUT2D eigenvalue weighted by Gasteiger charge is 2.22. The molecule has 8 heteroatoms. The summed E-state index contributed by atoms with van der Waals surface area (Å²) in [6.07, 6.45) is 8.94. The fourth-order valence-electron chi connectivity index (χ4n) is 3.21. The minimum absolute atomic E-state index is 0.165. The second-order valence-electron chi connectivity index (χ2n) is 6.84. The van der Waals surface area contributed by atoms with Crippen molar-refractivity contribution in [1.82, 2.24) is 20.2 Å². The molecule has 1 saturated carbocycles. The Hall–Kier alpha value is -2.48. The molecule has 28 heavy (non-hydrogen) atoms. The van der Waals surface area contributed by atoms with Gasteiger partial charge in [-0.1, -0.05) is 31.0 Å². The number of thioether (sulfide) groups is 1. The van der Waals surface area contributed by atoms with Gasteiger partial charge in [0.25, 0.3) is 0 Å². The van der Waals surface area contributed by atoms with Crippen molar-refractivity contribution in [2.45, 2.75) is 55.5 Å². The van der Waals surface area contributed by atoms with Crippen molar-refractivity contribution >= 4 is 23.7 Å². The van der Waals surface area contributed by atoms with E-state index in [2.05, 4.69) is 15.6 Å². The molecule has 1 aliphatic carbocycles. The van der Waals surface area contributed by atoms with E-state index >= 15 is 0 Å². The van der Waals surface area contributed by atoms with Crippen LogP contribution in [-0.4, -0.2) is 39.9 Å². The fourth-order valence-corrected chi connectivity index (χ4v) is 4.09. The van der Waals surface area contributed by atoms with Gasteiger partial charge < -0.3 is 10.1 Å². The first-order valence-electron chi connectivity index (χ1n) is 9.52. The zero-order valence-corrected chi connectivity index (χ0v) is 17.0. The van der Waals surface area contributed by atoms with Crippen molar-refractivity contribution in [1.29, 1.82) is 0 Å². The van der Waals surface area contributed by atoms with Gasteiger partial charge in [0, 0.05) is 24.1 Å². The highest BCUT2D eigenvalue weighted by atomic mass is 32.2. The van der Waals surface area contributed by atoms with Crippen LogP contribution in [0.2, 0.25) is 0 Å². The van der Waals surface area contributed by atoms with Crippen LogP contribution in [-0.2, 0) is 4.79 Å². The minimum atomic E-state index is -0.462. The van der Waals surface area contributed by atoms with Crippen molar-refractivity contribution in [2.24, 2.45) is 0 Å². The zero-order valence-electron chi connectivity index (χ0n) is 16.2. The molecule has 0 bridgehead atoms. The van der Waals surface area contributed by atoms with Gasteiger partial charge in [-0.05, 0) is 44.0 Å². The Kier molecular flexibility index (Phi) is 6.97. The SMILES string of the molecule is COc1ccc(-n2ccnc2S[C@@H](C)C(=O)NC(=O)NC2CCCCC2)cc1. The van der Waals surface area contributed by atoms with Crippen LogP contribution in [0.15, 0.2) is 41.8 Å². The van der Waals surface area contributed by atoms with Crippen LogP contribution in [0.4, 0.5) is 4.79 Å². The average molecular weight is 403 g/mol. The van der Waals surface area contributed by atoms with E-state index in [9.17, 15) is 9.59 Å². The molecular weight excluding hydrogens is 376 g/mol. The summed E-state index contributed by atoms with van der Waals surface area (Å²) in [7, 11) is 1.62. The highest BCUT2D eigenvalue weighted by molar-refractivity contribution is 8.00. The normalized spacial score (nSPS) is 15.6. The average Bonchev–Trinajstić information content (AvgIpc) is 3.16. The van der Waals surface area contributed by atoms with E-state index in [1.165, 1.54) is 18.2 Å². The van der Waals surface area contributed by atoms with E-state index in [-0.39, 0.29) is 11.9 Å². The number of nitrogens with zero attached hydrogens (tertiary/aromatic N) is 2. The summed E-state index contributed by atoms with van der Waals surface area (Å²) in [5.41, 5.74) is 0.920. The number of hydrogen-bond donors (Lipinski definition) is 2. The van der Waals surface area contributed by atoms with E-state index in [0.717, 1.165) is 37.1 Å². The zero-order chi connectivity index (χ0) is 19.9. The van der Waals surface area contributed by atoms with Gasteiger partial charge in [-0.2, -0.15) is 0 Å². The quantitative estimate of drug-likeness (QED) is 0.722. The summed E-state index contributed by atoms with van der Waals surface area (Å²) in [6.45, 7) is 1.76. The number of aromatic nitrogens is 2. The lowest BCUT2D eigenvalue weighted by atomic mass is 9.96. The van der Waals surface area contributed by atoms with Crippen molar-refractivity contribution in [3.05, 3.63) is 36.7 Å². The molecular formula is C20H26N4O3S. The highest BCUT2D eigenvalue weighted by Crippen LogP contribution is 2.25. The molecule has 3 rings (SSSR count). The summed E-state index contributed by atoms with van der Waals surface area (Å²) in [5.74, 6) is 0.442. The first-order valence-corrected chi connectivity index (χ1v) is 10.4. The Morgan fingerprint density at radius 1 is 1.21 bits per heavy atom. The monoisotopic (exact) mass is 402 g/mol. The van der Waals surface area contributed by atoms with E-state index in [4.69, 9.17) is 4.74 Å². The third-order valence-electron chi connectivity index (χ3n) is 4.79. The largest absolute Gasteiger partial charge is 0.497 e. The van der Waals surface area contributed by atoms with E-state index in [1.807, 2.05) is 35.0 Å². The van der Waals surface area contributed by atoms with Crippen LogP contribution in [0.5, 0.6) is 5.75 Å². The first kappa shape index (κ1) is 20.3. The topological polar surface area (TPSA) is 85.2 Å². The molecule has 1 heterocycles. The standard InChI is InChI=1S/C20H26N4O3S/c1-14(18(25)23-19(26)22-15-6-4-3-5-7-15)28-20-21-12-13-24(20)16-8-10-17(27-2)11-9-16/h8-15H,3-7H2,1-2H3,(H2,22,23,25,26)/t14-/m0/s1. The summed E-state index contributed by atoms with van der Waals surface area (Å²) >= 11 is 1.31. The maximum Gasteiger partial charge on any atom is 0.321 e. The number of urea groups is 1. The first-order chi connectivity index (χ1) is 13.6. The van der Waals surface area contributed by atoms with Crippen LogP contribution >= 0.6 is 11.8 Å². The van der Waals surface area contributed by atoms with Crippen LogP contribution in [0.1, 0.15) is 39.0 Å². The number of rotatable bonds is 6. The molecule has 7 nitrogen and oxygen atoms in total. The molecule has 1 aromatic heterocycles. The Bertz CT molecular complexity index is 800. The third-order valence-corrected chi connectivity index (χ3v) is 5.87. The smallest absolute Gasteiger partial charge is 0.321 e. The second-order valence-corrected chi connectivity index (χ2v) is 8.14. The number of carbonyl (C=O) groups excluding carboxylic acids is 2. The number of nitrogens with one attached hydrogen (secondary N) is 2. The molecule has 1 aromatic carbocycles. The number of carbonyl (C=O) groups is 2. The number of amides is 3. The van der Waals surface area contributed by atoms with Crippen molar-refractivity contribution < 1.29 is 14.3 Å². The second kappa shape index (κ2) is 9.64. The molecule has 2 N–H and O–H groups in total. The van der Waals surface area contributed by atoms with Crippen LogP contribution in [0.25, 0.3) is 5.69 Å². The van der Waals surface area contributed by atoms with Gasteiger partial charge in [-0.15, -0.1) is 0 Å². The molecule has 0 saturated heterocycles. The van der Waals surface area contributed by atoms with Gasteiger partial charge in [0.1, 0.15) is 5.75 Å². The van der Waals surface area contributed by atoms with Crippen LogP contribution in [0.3, 0.4) is 0 Å². The lowest BCUT2D eigenvalue weighted by Crippen LogP contribution is -2.47. The molecule has 150 valence electrons. The van der Waals surface area contributed by atoms with Crippen LogP contribution in [0, 0.1) is 0 Å². The summed E-state index contributed by atoms with van der Waals surface area (Å²) < 4.78 is 7.08. The van der Waals surface area contributed by atoms with Crippen molar-refractivity contribution in [3.8, 4) is 11.4 Å². The van der Waals surface area contributed by atoms with Gasteiger partial charge in [-0.3, -0.25) is 14.7 Å². The Morgan fingerprint density at radius 3 is 2.61 bits per heavy atom. The summed E-state index contributed by atoms with van der Waals surface area (Å²) in [4.78, 5) is 28.8.